The summed E-state index contributed by atoms with van der Waals surface area (Å²) in [6.45, 7) is 3.25. The van der Waals surface area contributed by atoms with Gasteiger partial charge in [0.2, 0.25) is 11.9 Å². The Kier molecular flexibility index (Phi) is 6.18. The predicted molar refractivity (Wildman–Crippen MR) is 113 cm³/mol. The molecule has 0 spiro atoms. The minimum absolute atomic E-state index is 0.0469. The first-order valence-corrected chi connectivity index (χ1v) is 8.87. The van der Waals surface area contributed by atoms with Crippen molar-refractivity contribution in [3.63, 3.8) is 0 Å². The quantitative estimate of drug-likeness (QED) is 0.357. The zero-order valence-corrected chi connectivity index (χ0v) is 15.8. The van der Waals surface area contributed by atoms with Crippen LogP contribution < -0.4 is 32.2 Å². The van der Waals surface area contributed by atoms with E-state index in [1.165, 1.54) is 0 Å². The molecule has 1 saturated heterocycles. The van der Waals surface area contributed by atoms with Crippen molar-refractivity contribution >= 4 is 34.7 Å². The summed E-state index contributed by atoms with van der Waals surface area (Å²) in [6.07, 6.45) is 0. The Labute approximate surface area is 163 Å². The van der Waals surface area contributed by atoms with Gasteiger partial charge in [-0.1, -0.05) is 0 Å². The Morgan fingerprint density at radius 1 is 1.11 bits per heavy atom. The van der Waals surface area contributed by atoms with Gasteiger partial charge in [0.25, 0.3) is 0 Å². The van der Waals surface area contributed by atoms with Crippen LogP contribution in [0.25, 0.3) is 0 Å². The molecule has 0 atom stereocenters. The summed E-state index contributed by atoms with van der Waals surface area (Å²) in [4.78, 5) is 10.6. The lowest BCUT2D eigenvalue weighted by atomic mass is 10.2. The molecule has 0 amide bonds. The second-order valence-corrected chi connectivity index (χ2v) is 6.16. The van der Waals surface area contributed by atoms with E-state index in [4.69, 9.17) is 26.7 Å². The van der Waals surface area contributed by atoms with Gasteiger partial charge in [-0.15, -0.1) is 0 Å². The molecular formula is C19H25N7O2. The van der Waals surface area contributed by atoms with Crippen LogP contribution in [-0.2, 0) is 4.74 Å². The van der Waals surface area contributed by atoms with Crippen LogP contribution in [0.3, 0.4) is 0 Å². The van der Waals surface area contributed by atoms with E-state index in [0.29, 0.717) is 22.8 Å². The molecule has 0 saturated carbocycles. The Morgan fingerprint density at radius 2 is 1.82 bits per heavy atom. The summed E-state index contributed by atoms with van der Waals surface area (Å²) in [5.74, 6) is 0.740. The van der Waals surface area contributed by atoms with Crippen LogP contribution in [0, 0.1) is 0 Å². The Hall–Kier alpha value is -3.46. The van der Waals surface area contributed by atoms with Crippen molar-refractivity contribution in [2.45, 2.75) is 0 Å². The first-order valence-electron chi connectivity index (χ1n) is 8.87. The molecule has 28 heavy (non-hydrogen) atoms. The zero-order valence-electron chi connectivity index (χ0n) is 15.8. The van der Waals surface area contributed by atoms with Crippen molar-refractivity contribution in [2.75, 3.05) is 49.4 Å². The van der Waals surface area contributed by atoms with Crippen molar-refractivity contribution in [1.82, 2.24) is 0 Å². The Morgan fingerprint density at radius 3 is 2.46 bits per heavy atom. The van der Waals surface area contributed by atoms with Gasteiger partial charge in [-0.25, -0.2) is 4.99 Å². The van der Waals surface area contributed by atoms with E-state index in [1.54, 1.807) is 25.3 Å². The number of methoxy groups -OCH3 is 1. The summed E-state index contributed by atoms with van der Waals surface area (Å²) in [7, 11) is 1.55. The molecule has 1 aliphatic heterocycles. The molecular weight excluding hydrogens is 358 g/mol. The summed E-state index contributed by atoms with van der Waals surface area (Å²) in [5.41, 5.74) is 20.6. The molecule has 0 aliphatic carbocycles. The van der Waals surface area contributed by atoms with Gasteiger partial charge in [-0.05, 0) is 42.5 Å². The van der Waals surface area contributed by atoms with Gasteiger partial charge < -0.3 is 36.9 Å². The molecule has 9 heteroatoms. The van der Waals surface area contributed by atoms with Gasteiger partial charge in [0, 0.05) is 24.5 Å². The van der Waals surface area contributed by atoms with E-state index in [-0.39, 0.29) is 11.9 Å². The van der Waals surface area contributed by atoms with Crippen LogP contribution in [0.15, 0.2) is 52.4 Å². The molecule has 3 rings (SSSR count). The fourth-order valence-corrected chi connectivity index (χ4v) is 2.83. The summed E-state index contributed by atoms with van der Waals surface area (Å²) in [6, 6.07) is 13.0. The van der Waals surface area contributed by atoms with E-state index in [9.17, 15) is 0 Å². The van der Waals surface area contributed by atoms with Crippen LogP contribution in [0.2, 0.25) is 0 Å². The fraction of sp³-hybridized carbons (Fsp3) is 0.263. The van der Waals surface area contributed by atoms with E-state index in [1.807, 2.05) is 24.3 Å². The van der Waals surface area contributed by atoms with E-state index in [2.05, 4.69) is 20.2 Å². The third-order valence-electron chi connectivity index (χ3n) is 4.21. The number of hydrogen-bond acceptors (Lipinski definition) is 5. The maximum absolute atomic E-state index is 5.89. The second-order valence-electron chi connectivity index (χ2n) is 6.16. The molecule has 7 N–H and O–H groups in total. The Bertz CT molecular complexity index is 859. The number of guanidine groups is 2. The normalized spacial score (nSPS) is 15.4. The number of aliphatic imine (C=N–C) groups is 2. The summed E-state index contributed by atoms with van der Waals surface area (Å²) in [5, 5.41) is 2.92. The maximum Gasteiger partial charge on any atom is 0.223 e. The number of morpholine rings is 1. The van der Waals surface area contributed by atoms with Crippen LogP contribution >= 0.6 is 0 Å². The molecule has 148 valence electrons. The smallest absolute Gasteiger partial charge is 0.223 e. The SMILES string of the molecule is COc1ccc(N/C(N)=N\C(N)=Nc2ccc(N3CCOCC3)cc2)cc1N. The maximum atomic E-state index is 5.89. The molecule has 9 nitrogen and oxygen atoms in total. The molecule has 1 aliphatic rings. The highest BCUT2D eigenvalue weighted by Gasteiger charge is 2.10. The van der Waals surface area contributed by atoms with Crippen LogP contribution in [0.1, 0.15) is 0 Å². The number of nitrogen functional groups attached to an aromatic ring is 1. The highest BCUT2D eigenvalue weighted by molar-refractivity contribution is 6.01. The standard InChI is InChI=1S/C19H25N7O2/c1-27-17-7-4-14(12-16(17)20)24-19(22)25-18(21)23-13-2-5-15(6-3-13)26-8-10-28-11-9-26/h2-7,12H,8-11,20H2,1H3,(H5,21,22,23,24,25). The molecule has 0 bridgehead atoms. The van der Waals surface area contributed by atoms with Crippen molar-refractivity contribution < 1.29 is 9.47 Å². The topological polar surface area (TPSA) is 137 Å². The lowest BCUT2D eigenvalue weighted by Crippen LogP contribution is -2.36. The average Bonchev–Trinajstić information content (AvgIpc) is 2.69. The minimum atomic E-state index is 0.0469. The zero-order chi connectivity index (χ0) is 19.9. The van der Waals surface area contributed by atoms with Crippen molar-refractivity contribution in [1.29, 1.82) is 0 Å². The summed E-state index contributed by atoms with van der Waals surface area (Å²) >= 11 is 0. The molecule has 2 aromatic rings. The lowest BCUT2D eigenvalue weighted by molar-refractivity contribution is 0.122. The van der Waals surface area contributed by atoms with E-state index >= 15 is 0 Å². The van der Waals surface area contributed by atoms with Crippen LogP contribution in [0.5, 0.6) is 5.75 Å². The fourth-order valence-electron chi connectivity index (χ4n) is 2.83. The van der Waals surface area contributed by atoms with E-state index < -0.39 is 0 Å². The number of nitrogens with two attached hydrogens (primary N) is 3. The Balaban J connectivity index is 1.64. The van der Waals surface area contributed by atoms with Crippen molar-refractivity contribution in [2.24, 2.45) is 21.5 Å². The summed E-state index contributed by atoms with van der Waals surface area (Å²) < 4.78 is 10.5. The number of anilines is 3. The first-order chi connectivity index (χ1) is 13.5. The average molecular weight is 383 g/mol. The van der Waals surface area contributed by atoms with Gasteiger partial charge in [-0.3, -0.25) is 0 Å². The third kappa shape index (κ3) is 5.04. The molecule has 2 aromatic carbocycles. The number of nitrogens with zero attached hydrogens (tertiary/aromatic N) is 3. The van der Waals surface area contributed by atoms with Crippen LogP contribution in [-0.4, -0.2) is 45.3 Å². The van der Waals surface area contributed by atoms with Crippen molar-refractivity contribution in [3.8, 4) is 5.75 Å². The first kappa shape index (κ1) is 19.3. The van der Waals surface area contributed by atoms with Gasteiger partial charge in [0.15, 0.2) is 0 Å². The predicted octanol–water partition coefficient (Wildman–Crippen LogP) is 1.49. The second kappa shape index (κ2) is 8.96. The lowest BCUT2D eigenvalue weighted by Gasteiger charge is -2.28. The number of nitrogens with one attached hydrogen (secondary N) is 1. The third-order valence-corrected chi connectivity index (χ3v) is 4.21. The number of ether oxygens (including phenoxy) is 2. The monoisotopic (exact) mass is 383 g/mol. The number of hydrogen-bond donors (Lipinski definition) is 4. The highest BCUT2D eigenvalue weighted by Crippen LogP contribution is 2.24. The molecule has 1 heterocycles. The number of rotatable bonds is 4. The molecule has 0 radical (unpaired) electrons. The van der Waals surface area contributed by atoms with E-state index in [0.717, 1.165) is 32.0 Å². The van der Waals surface area contributed by atoms with Gasteiger partial charge in [0.05, 0.1) is 31.7 Å². The number of benzene rings is 2. The van der Waals surface area contributed by atoms with Gasteiger partial charge in [0.1, 0.15) is 5.75 Å². The van der Waals surface area contributed by atoms with Crippen molar-refractivity contribution in [3.05, 3.63) is 42.5 Å². The molecule has 1 fully saturated rings. The molecule has 0 unspecified atom stereocenters. The van der Waals surface area contributed by atoms with Crippen LogP contribution in [0.4, 0.5) is 22.7 Å². The molecule has 0 aromatic heterocycles. The van der Waals surface area contributed by atoms with Gasteiger partial charge >= 0.3 is 0 Å². The highest BCUT2D eigenvalue weighted by atomic mass is 16.5. The minimum Gasteiger partial charge on any atom is -0.495 e. The van der Waals surface area contributed by atoms with Gasteiger partial charge in [-0.2, -0.15) is 4.99 Å². The largest absolute Gasteiger partial charge is 0.495 e.